The number of aromatic nitrogens is 4. The Morgan fingerprint density at radius 2 is 2.44 bits per heavy atom. The molecule has 1 aromatic rings. The van der Waals surface area contributed by atoms with Gasteiger partial charge in [-0.05, 0) is 29.7 Å². The first-order valence-electron chi connectivity index (χ1n) is 6.50. The predicted molar refractivity (Wildman–Crippen MR) is 62.9 cm³/mol. The van der Waals surface area contributed by atoms with Crippen molar-refractivity contribution in [1.29, 1.82) is 0 Å². The molecule has 0 spiro atoms. The van der Waals surface area contributed by atoms with Gasteiger partial charge in [-0.15, -0.1) is 5.10 Å². The molecule has 1 aromatic heterocycles. The van der Waals surface area contributed by atoms with Crippen molar-refractivity contribution in [3.05, 3.63) is 5.82 Å². The lowest BCUT2D eigenvalue weighted by Crippen LogP contribution is -2.27. The molecule has 2 saturated heterocycles. The molecule has 2 aliphatic rings. The second-order valence-corrected chi connectivity index (χ2v) is 4.89. The molecule has 1 N–H and O–H groups in total. The Morgan fingerprint density at radius 3 is 3.17 bits per heavy atom. The van der Waals surface area contributed by atoms with Gasteiger partial charge in [0.05, 0.1) is 31.4 Å². The van der Waals surface area contributed by atoms with E-state index in [9.17, 15) is 0 Å². The standard InChI is InChI=1S/C11H19N5O2/c1-17-5-4-12-7-11-13-14-15-16(11)9-6-8-2-3-10(9)18-8/h8-10,12H,2-7H2,1H3. The van der Waals surface area contributed by atoms with Gasteiger partial charge >= 0.3 is 0 Å². The third kappa shape index (κ3) is 2.25. The number of nitrogens with zero attached hydrogens (tertiary/aromatic N) is 4. The maximum Gasteiger partial charge on any atom is 0.165 e. The molecule has 2 bridgehead atoms. The molecule has 0 aliphatic carbocycles. The minimum absolute atomic E-state index is 0.302. The van der Waals surface area contributed by atoms with E-state index in [1.54, 1.807) is 7.11 Å². The molecular formula is C11H19N5O2. The molecule has 3 atom stereocenters. The van der Waals surface area contributed by atoms with Crippen molar-refractivity contribution in [2.24, 2.45) is 0 Å². The van der Waals surface area contributed by atoms with Gasteiger partial charge in [-0.2, -0.15) is 0 Å². The van der Waals surface area contributed by atoms with Crippen molar-refractivity contribution >= 4 is 0 Å². The van der Waals surface area contributed by atoms with Crippen LogP contribution in [0, 0.1) is 0 Å². The highest BCUT2D eigenvalue weighted by Crippen LogP contribution is 2.41. The van der Waals surface area contributed by atoms with Crippen LogP contribution >= 0.6 is 0 Å². The minimum atomic E-state index is 0.302. The zero-order chi connectivity index (χ0) is 12.4. The molecule has 3 heterocycles. The van der Waals surface area contributed by atoms with Gasteiger partial charge in [-0.1, -0.05) is 0 Å². The van der Waals surface area contributed by atoms with E-state index in [0.29, 0.717) is 31.4 Å². The molecule has 0 amide bonds. The summed E-state index contributed by atoms with van der Waals surface area (Å²) in [5.41, 5.74) is 0. The van der Waals surface area contributed by atoms with Crippen molar-refractivity contribution < 1.29 is 9.47 Å². The Labute approximate surface area is 106 Å². The highest BCUT2D eigenvalue weighted by atomic mass is 16.5. The topological polar surface area (TPSA) is 74.1 Å². The van der Waals surface area contributed by atoms with Crippen LogP contribution < -0.4 is 5.32 Å². The quantitative estimate of drug-likeness (QED) is 0.714. The van der Waals surface area contributed by atoms with Crippen LogP contribution in [0.3, 0.4) is 0 Å². The van der Waals surface area contributed by atoms with E-state index in [1.165, 1.54) is 6.42 Å². The largest absolute Gasteiger partial charge is 0.383 e. The lowest BCUT2D eigenvalue weighted by Gasteiger charge is -2.19. The normalized spacial score (nSPS) is 30.2. The summed E-state index contributed by atoms with van der Waals surface area (Å²) < 4.78 is 12.8. The average Bonchev–Trinajstić information content (AvgIpc) is 3.09. The van der Waals surface area contributed by atoms with Crippen LogP contribution in [-0.4, -0.2) is 52.7 Å². The summed E-state index contributed by atoms with van der Waals surface area (Å²) in [6, 6.07) is 0.318. The number of hydrogen-bond acceptors (Lipinski definition) is 6. The van der Waals surface area contributed by atoms with Gasteiger partial charge in [0.1, 0.15) is 0 Å². The molecular weight excluding hydrogens is 234 g/mol. The number of fused-ring (bicyclic) bond motifs is 2. The van der Waals surface area contributed by atoms with Crippen molar-refractivity contribution in [2.45, 2.75) is 44.1 Å². The summed E-state index contributed by atoms with van der Waals surface area (Å²) in [5, 5.41) is 15.3. The first-order chi connectivity index (χ1) is 8.88. The summed E-state index contributed by atoms with van der Waals surface area (Å²) in [7, 11) is 1.69. The molecule has 2 aliphatic heterocycles. The molecule has 0 radical (unpaired) electrons. The first kappa shape index (κ1) is 12.0. The van der Waals surface area contributed by atoms with Gasteiger partial charge in [0.2, 0.25) is 0 Å². The molecule has 0 saturated carbocycles. The maximum absolute atomic E-state index is 5.85. The number of methoxy groups -OCH3 is 1. The SMILES string of the molecule is COCCNCc1nnnn1C1CC2CCC1O2. The number of tetrazole rings is 1. The number of ether oxygens (including phenoxy) is 2. The second-order valence-electron chi connectivity index (χ2n) is 4.89. The van der Waals surface area contributed by atoms with Crippen molar-refractivity contribution in [3.8, 4) is 0 Å². The fourth-order valence-corrected chi connectivity index (χ4v) is 2.83. The van der Waals surface area contributed by atoms with Crippen LogP contribution in [0.15, 0.2) is 0 Å². The summed E-state index contributed by atoms with van der Waals surface area (Å²) >= 11 is 0. The van der Waals surface area contributed by atoms with E-state index < -0.39 is 0 Å². The first-order valence-corrected chi connectivity index (χ1v) is 6.50. The summed E-state index contributed by atoms with van der Waals surface area (Å²) in [6.45, 7) is 2.17. The molecule has 7 nitrogen and oxygen atoms in total. The molecule has 3 unspecified atom stereocenters. The van der Waals surface area contributed by atoms with E-state index >= 15 is 0 Å². The minimum Gasteiger partial charge on any atom is -0.383 e. The Bertz CT molecular complexity index is 397. The predicted octanol–water partition coefficient (Wildman–Crippen LogP) is -0.0985. The lowest BCUT2D eigenvalue weighted by molar-refractivity contribution is 0.0914. The Hall–Kier alpha value is -1.05. The Morgan fingerprint density at radius 1 is 1.50 bits per heavy atom. The maximum atomic E-state index is 5.85. The van der Waals surface area contributed by atoms with Gasteiger partial charge in [0.15, 0.2) is 5.82 Å². The van der Waals surface area contributed by atoms with Crippen LogP contribution in [0.1, 0.15) is 31.1 Å². The monoisotopic (exact) mass is 253 g/mol. The zero-order valence-electron chi connectivity index (χ0n) is 10.6. The highest BCUT2D eigenvalue weighted by Gasteiger charge is 2.43. The van der Waals surface area contributed by atoms with Gasteiger partial charge in [0, 0.05) is 13.7 Å². The fourth-order valence-electron chi connectivity index (χ4n) is 2.83. The van der Waals surface area contributed by atoms with Gasteiger partial charge < -0.3 is 14.8 Å². The summed E-state index contributed by atoms with van der Waals surface area (Å²) in [5.74, 6) is 0.882. The fraction of sp³-hybridized carbons (Fsp3) is 0.909. The number of nitrogens with one attached hydrogen (secondary N) is 1. The number of hydrogen-bond donors (Lipinski definition) is 1. The van der Waals surface area contributed by atoms with Gasteiger partial charge in [0.25, 0.3) is 0 Å². The van der Waals surface area contributed by atoms with Crippen molar-refractivity contribution in [1.82, 2.24) is 25.5 Å². The third-order valence-corrected chi connectivity index (χ3v) is 3.72. The van der Waals surface area contributed by atoms with E-state index in [0.717, 1.165) is 25.2 Å². The van der Waals surface area contributed by atoms with Crippen molar-refractivity contribution in [3.63, 3.8) is 0 Å². The van der Waals surface area contributed by atoms with Crippen LogP contribution in [-0.2, 0) is 16.0 Å². The Kier molecular flexibility index (Phi) is 3.53. The second kappa shape index (κ2) is 5.29. The van der Waals surface area contributed by atoms with Crippen LogP contribution in [0.5, 0.6) is 0 Å². The smallest absolute Gasteiger partial charge is 0.165 e. The van der Waals surface area contributed by atoms with Crippen molar-refractivity contribution in [2.75, 3.05) is 20.3 Å². The van der Waals surface area contributed by atoms with E-state index in [1.807, 2.05) is 4.68 Å². The van der Waals surface area contributed by atoms with E-state index in [2.05, 4.69) is 20.8 Å². The molecule has 7 heteroatoms. The van der Waals surface area contributed by atoms with Gasteiger partial charge in [-0.25, -0.2) is 4.68 Å². The van der Waals surface area contributed by atoms with Gasteiger partial charge in [-0.3, -0.25) is 0 Å². The Balaban J connectivity index is 1.61. The molecule has 3 rings (SSSR count). The lowest BCUT2D eigenvalue weighted by atomic mass is 9.95. The zero-order valence-corrected chi connectivity index (χ0v) is 10.6. The van der Waals surface area contributed by atoms with Crippen LogP contribution in [0.2, 0.25) is 0 Å². The highest BCUT2D eigenvalue weighted by molar-refractivity contribution is 4.96. The van der Waals surface area contributed by atoms with Crippen LogP contribution in [0.25, 0.3) is 0 Å². The molecule has 2 fully saturated rings. The average molecular weight is 253 g/mol. The third-order valence-electron chi connectivity index (χ3n) is 3.72. The molecule has 0 aromatic carbocycles. The summed E-state index contributed by atoms with van der Waals surface area (Å²) in [6.07, 6.45) is 4.08. The van der Waals surface area contributed by atoms with E-state index in [4.69, 9.17) is 9.47 Å². The van der Waals surface area contributed by atoms with E-state index in [-0.39, 0.29) is 0 Å². The summed E-state index contributed by atoms with van der Waals surface area (Å²) in [4.78, 5) is 0. The molecule has 100 valence electrons. The van der Waals surface area contributed by atoms with Crippen LogP contribution in [0.4, 0.5) is 0 Å². The molecule has 18 heavy (non-hydrogen) atoms. The number of rotatable bonds is 6.